The number of hydrogen-bond acceptors (Lipinski definition) is 4. The van der Waals surface area contributed by atoms with E-state index in [4.69, 9.17) is 11.6 Å². The highest BCUT2D eigenvalue weighted by molar-refractivity contribution is 6.33. The van der Waals surface area contributed by atoms with Gasteiger partial charge in [-0.2, -0.15) is 5.10 Å². The third kappa shape index (κ3) is 3.64. The van der Waals surface area contributed by atoms with E-state index in [1.165, 1.54) is 18.3 Å². The number of carbonyl (C=O) groups is 1. The highest BCUT2D eigenvalue weighted by Crippen LogP contribution is 2.16. The van der Waals surface area contributed by atoms with Gasteiger partial charge in [0.2, 0.25) is 0 Å². The van der Waals surface area contributed by atoms with Crippen molar-refractivity contribution < 1.29 is 9.72 Å². The smallest absolute Gasteiger partial charge is 0.267 e. The van der Waals surface area contributed by atoms with Crippen molar-refractivity contribution in [2.24, 2.45) is 5.10 Å². The Kier molecular flexibility index (Phi) is 4.63. The molecule has 0 spiro atoms. The van der Waals surface area contributed by atoms with Crippen LogP contribution in [0.5, 0.6) is 0 Å². The minimum absolute atomic E-state index is 0.0896. The number of halogens is 1. The summed E-state index contributed by atoms with van der Waals surface area (Å²) in [5, 5.41) is 14.8. The van der Waals surface area contributed by atoms with Crippen molar-refractivity contribution in [2.45, 2.75) is 0 Å². The second-order valence-electron chi connectivity index (χ2n) is 3.99. The molecule has 0 saturated carbocycles. The van der Waals surface area contributed by atoms with Gasteiger partial charge in [-0.25, -0.2) is 5.43 Å². The zero-order valence-electron chi connectivity index (χ0n) is 10.7. The van der Waals surface area contributed by atoms with Crippen LogP contribution >= 0.6 is 11.6 Å². The summed E-state index contributed by atoms with van der Waals surface area (Å²) in [6.45, 7) is 0. The molecule has 6 nitrogen and oxygen atoms in total. The second kappa shape index (κ2) is 6.62. The molecular formula is C14H10ClN3O3. The number of nitro groups is 1. The maximum absolute atomic E-state index is 11.8. The quantitative estimate of drug-likeness (QED) is 0.535. The van der Waals surface area contributed by atoms with Gasteiger partial charge in [-0.15, -0.1) is 0 Å². The van der Waals surface area contributed by atoms with Crippen molar-refractivity contribution in [3.05, 3.63) is 74.8 Å². The summed E-state index contributed by atoms with van der Waals surface area (Å²) in [5.41, 5.74) is 2.76. The van der Waals surface area contributed by atoms with Gasteiger partial charge in [-0.05, 0) is 18.2 Å². The van der Waals surface area contributed by atoms with Crippen LogP contribution in [-0.4, -0.2) is 17.0 Å². The lowest BCUT2D eigenvalue weighted by Crippen LogP contribution is -2.18. The average Bonchev–Trinajstić information content (AvgIpc) is 2.48. The first kappa shape index (κ1) is 14.7. The maximum atomic E-state index is 11.8. The first-order valence-electron chi connectivity index (χ1n) is 5.91. The summed E-state index contributed by atoms with van der Waals surface area (Å²) in [5.74, 6) is -0.490. The van der Waals surface area contributed by atoms with E-state index in [2.05, 4.69) is 10.5 Å². The summed E-state index contributed by atoms with van der Waals surface area (Å²) in [4.78, 5) is 22.1. The highest BCUT2D eigenvalue weighted by Gasteiger charge is 2.11. The molecule has 0 bridgehead atoms. The molecule has 0 saturated heterocycles. The Labute approximate surface area is 125 Å². The highest BCUT2D eigenvalue weighted by atomic mass is 35.5. The Hall–Kier alpha value is -2.73. The second-order valence-corrected chi connectivity index (χ2v) is 4.40. The van der Waals surface area contributed by atoms with Gasteiger partial charge in [-0.1, -0.05) is 35.9 Å². The van der Waals surface area contributed by atoms with E-state index >= 15 is 0 Å². The number of rotatable bonds is 4. The molecule has 2 aromatic carbocycles. The predicted molar refractivity (Wildman–Crippen MR) is 79.6 cm³/mol. The van der Waals surface area contributed by atoms with Crippen molar-refractivity contribution in [2.75, 3.05) is 0 Å². The molecule has 0 aliphatic rings. The predicted octanol–water partition coefficient (Wildman–Crippen LogP) is 3.01. The van der Waals surface area contributed by atoms with E-state index < -0.39 is 10.8 Å². The van der Waals surface area contributed by atoms with Gasteiger partial charge >= 0.3 is 0 Å². The van der Waals surface area contributed by atoms with Crippen LogP contribution in [0.3, 0.4) is 0 Å². The van der Waals surface area contributed by atoms with Crippen LogP contribution in [0.15, 0.2) is 53.6 Å². The molecule has 0 aliphatic heterocycles. The molecule has 1 amide bonds. The largest absolute Gasteiger partial charge is 0.278 e. The van der Waals surface area contributed by atoms with Crippen LogP contribution in [0.1, 0.15) is 15.9 Å². The van der Waals surface area contributed by atoms with E-state index in [1.807, 2.05) is 0 Å². The number of nitrogens with one attached hydrogen (secondary N) is 1. The number of carbonyl (C=O) groups excluding carboxylic acids is 1. The number of nitrogens with zero attached hydrogens (tertiary/aromatic N) is 2. The lowest BCUT2D eigenvalue weighted by molar-refractivity contribution is -0.385. The molecule has 21 heavy (non-hydrogen) atoms. The molecule has 1 N–H and O–H groups in total. The van der Waals surface area contributed by atoms with E-state index in [9.17, 15) is 14.9 Å². The molecule has 0 heterocycles. The average molecular weight is 304 g/mol. The van der Waals surface area contributed by atoms with Gasteiger partial charge in [0.15, 0.2) is 0 Å². The zero-order chi connectivity index (χ0) is 15.2. The summed E-state index contributed by atoms with van der Waals surface area (Å²) in [6, 6.07) is 12.6. The normalized spacial score (nSPS) is 10.5. The molecule has 0 aromatic heterocycles. The molecule has 106 valence electrons. The number of amides is 1. The molecule has 2 aromatic rings. The Bertz CT molecular complexity index is 716. The van der Waals surface area contributed by atoms with E-state index in [-0.39, 0.29) is 11.3 Å². The van der Waals surface area contributed by atoms with Crippen molar-refractivity contribution >= 4 is 29.4 Å². The molecule has 0 fully saturated rings. The van der Waals surface area contributed by atoms with Crippen LogP contribution in [0, 0.1) is 10.1 Å². The third-order valence-corrected chi connectivity index (χ3v) is 2.95. The van der Waals surface area contributed by atoms with Gasteiger partial charge in [-0.3, -0.25) is 14.9 Å². The Morgan fingerprint density at radius 3 is 2.57 bits per heavy atom. The molecule has 2 rings (SSSR count). The Morgan fingerprint density at radius 2 is 1.86 bits per heavy atom. The monoisotopic (exact) mass is 303 g/mol. The fraction of sp³-hybridized carbons (Fsp3) is 0. The minimum atomic E-state index is -0.517. The van der Waals surface area contributed by atoms with Gasteiger partial charge in [0.25, 0.3) is 11.6 Å². The van der Waals surface area contributed by atoms with Gasteiger partial charge in [0.1, 0.15) is 0 Å². The summed E-state index contributed by atoms with van der Waals surface area (Å²) in [7, 11) is 0. The lowest BCUT2D eigenvalue weighted by atomic mass is 10.2. The van der Waals surface area contributed by atoms with E-state index in [1.54, 1.807) is 36.4 Å². The number of para-hydroxylation sites is 1. The number of benzene rings is 2. The lowest BCUT2D eigenvalue weighted by Gasteiger charge is -2.01. The summed E-state index contributed by atoms with van der Waals surface area (Å²) < 4.78 is 0. The zero-order valence-corrected chi connectivity index (χ0v) is 11.4. The van der Waals surface area contributed by atoms with E-state index in [0.717, 1.165) is 0 Å². The number of nitro benzene ring substituents is 1. The fourth-order valence-corrected chi connectivity index (χ4v) is 1.85. The SMILES string of the molecule is O=C(N/N=C\c1ccccc1[N+](=O)[O-])c1ccccc1Cl. The van der Waals surface area contributed by atoms with Gasteiger partial charge in [0.05, 0.1) is 27.3 Å². The standard InChI is InChI=1S/C14H10ClN3O3/c15-12-7-3-2-6-11(12)14(19)17-16-9-10-5-1-4-8-13(10)18(20)21/h1-9H,(H,17,19)/b16-9-. The Morgan fingerprint density at radius 1 is 1.19 bits per heavy atom. The topological polar surface area (TPSA) is 84.6 Å². The van der Waals surface area contributed by atoms with Crippen LogP contribution in [0.2, 0.25) is 5.02 Å². The first-order valence-corrected chi connectivity index (χ1v) is 6.29. The van der Waals surface area contributed by atoms with Crippen molar-refractivity contribution in [1.82, 2.24) is 5.43 Å². The fourth-order valence-electron chi connectivity index (χ4n) is 1.63. The van der Waals surface area contributed by atoms with Crippen LogP contribution in [-0.2, 0) is 0 Å². The minimum Gasteiger partial charge on any atom is -0.267 e. The molecule has 7 heteroatoms. The van der Waals surface area contributed by atoms with Gasteiger partial charge in [0, 0.05) is 6.07 Å². The third-order valence-electron chi connectivity index (χ3n) is 2.62. The van der Waals surface area contributed by atoms with Crippen LogP contribution in [0.25, 0.3) is 0 Å². The summed E-state index contributed by atoms with van der Waals surface area (Å²) >= 11 is 5.88. The van der Waals surface area contributed by atoms with Crippen LogP contribution in [0.4, 0.5) is 5.69 Å². The number of hydrogen-bond donors (Lipinski definition) is 1. The maximum Gasteiger partial charge on any atom is 0.278 e. The molecule has 0 radical (unpaired) electrons. The summed E-state index contributed by atoms with van der Waals surface area (Å²) in [6.07, 6.45) is 1.22. The first-order chi connectivity index (χ1) is 10.1. The van der Waals surface area contributed by atoms with Crippen LogP contribution < -0.4 is 5.43 Å². The number of hydrazone groups is 1. The van der Waals surface area contributed by atoms with Crippen molar-refractivity contribution in [3.63, 3.8) is 0 Å². The van der Waals surface area contributed by atoms with Crippen molar-refractivity contribution in [1.29, 1.82) is 0 Å². The molecular weight excluding hydrogens is 294 g/mol. The van der Waals surface area contributed by atoms with Crippen molar-refractivity contribution in [3.8, 4) is 0 Å². The van der Waals surface area contributed by atoms with E-state index in [0.29, 0.717) is 10.6 Å². The Balaban J connectivity index is 2.12. The molecule has 0 atom stereocenters. The molecule has 0 aliphatic carbocycles. The molecule has 0 unspecified atom stereocenters. The van der Waals surface area contributed by atoms with Gasteiger partial charge < -0.3 is 0 Å².